The summed E-state index contributed by atoms with van der Waals surface area (Å²) >= 11 is 0. The highest BCUT2D eigenvalue weighted by atomic mass is 16.3. The van der Waals surface area contributed by atoms with E-state index in [9.17, 15) is 0 Å². The Hall–Kier alpha value is -1.42. The Bertz CT molecular complexity index is 377. The van der Waals surface area contributed by atoms with Crippen molar-refractivity contribution in [3.8, 4) is 0 Å². The van der Waals surface area contributed by atoms with Crippen LogP contribution >= 0.6 is 0 Å². The van der Waals surface area contributed by atoms with Crippen molar-refractivity contribution in [3.63, 3.8) is 0 Å². The lowest BCUT2D eigenvalue weighted by molar-refractivity contribution is 0.302. The Labute approximate surface area is 103 Å². The first-order valence-electron chi connectivity index (χ1n) is 5.90. The molecule has 0 saturated carbocycles. The molecule has 1 aromatic rings. The second-order valence-electron chi connectivity index (χ2n) is 4.34. The lowest BCUT2D eigenvalue weighted by Gasteiger charge is -2.22. The zero-order chi connectivity index (χ0) is 12.8. The highest BCUT2D eigenvalue weighted by Gasteiger charge is 2.10. The molecule has 0 spiro atoms. The van der Waals surface area contributed by atoms with Crippen molar-refractivity contribution in [1.29, 1.82) is 0 Å². The maximum absolute atomic E-state index is 9.05. The van der Waals surface area contributed by atoms with Crippen LogP contribution in [0.4, 0.5) is 5.82 Å². The van der Waals surface area contributed by atoms with Gasteiger partial charge in [-0.2, -0.15) is 0 Å². The molecule has 0 fully saturated rings. The van der Waals surface area contributed by atoms with Gasteiger partial charge in [0.15, 0.2) is 0 Å². The van der Waals surface area contributed by atoms with E-state index < -0.39 is 0 Å². The minimum Gasteiger partial charge on any atom is -0.395 e. The van der Waals surface area contributed by atoms with Crippen LogP contribution in [0, 0.1) is 6.92 Å². The Morgan fingerprint density at radius 2 is 2.18 bits per heavy atom. The quantitative estimate of drug-likeness (QED) is 0.765. The molecule has 17 heavy (non-hydrogen) atoms. The Kier molecular flexibility index (Phi) is 5.10. The monoisotopic (exact) mass is 235 g/mol. The van der Waals surface area contributed by atoms with Crippen molar-refractivity contribution < 1.29 is 5.11 Å². The third kappa shape index (κ3) is 3.82. The maximum atomic E-state index is 9.05. The van der Waals surface area contributed by atoms with Gasteiger partial charge in [0.25, 0.3) is 0 Å². The van der Waals surface area contributed by atoms with E-state index in [4.69, 9.17) is 5.11 Å². The van der Waals surface area contributed by atoms with Crippen molar-refractivity contribution in [2.24, 2.45) is 0 Å². The van der Waals surface area contributed by atoms with Gasteiger partial charge in [0.2, 0.25) is 0 Å². The van der Waals surface area contributed by atoms with Crippen LogP contribution < -0.4 is 4.90 Å². The van der Waals surface area contributed by atoms with Crippen molar-refractivity contribution >= 4 is 5.82 Å². The lowest BCUT2D eigenvalue weighted by Crippen LogP contribution is -2.28. The minimum atomic E-state index is 0.105. The first-order chi connectivity index (χ1) is 8.08. The SMILES string of the molecule is C=CCN(CCO)c1cc(C)nc(C(C)C)n1. The highest BCUT2D eigenvalue weighted by molar-refractivity contribution is 5.40. The number of hydrogen-bond acceptors (Lipinski definition) is 4. The molecule has 0 radical (unpaired) electrons. The van der Waals surface area contributed by atoms with Crippen LogP contribution in [0.2, 0.25) is 0 Å². The van der Waals surface area contributed by atoms with E-state index in [1.54, 1.807) is 0 Å². The molecular weight excluding hydrogens is 214 g/mol. The van der Waals surface area contributed by atoms with Gasteiger partial charge in [-0.25, -0.2) is 9.97 Å². The molecule has 4 heteroatoms. The van der Waals surface area contributed by atoms with Crippen LogP contribution in [-0.4, -0.2) is 34.8 Å². The molecule has 1 rings (SSSR count). The summed E-state index contributed by atoms with van der Waals surface area (Å²) in [5.74, 6) is 2.00. The smallest absolute Gasteiger partial charge is 0.133 e. The number of anilines is 1. The molecule has 4 nitrogen and oxygen atoms in total. The fourth-order valence-corrected chi connectivity index (χ4v) is 1.57. The molecule has 0 amide bonds. The van der Waals surface area contributed by atoms with E-state index in [0.29, 0.717) is 19.0 Å². The summed E-state index contributed by atoms with van der Waals surface area (Å²) in [5, 5.41) is 9.05. The van der Waals surface area contributed by atoms with Crippen molar-refractivity contribution in [1.82, 2.24) is 9.97 Å². The summed E-state index contributed by atoms with van der Waals surface area (Å²) in [4.78, 5) is 10.9. The van der Waals surface area contributed by atoms with Crippen LogP contribution in [0.15, 0.2) is 18.7 Å². The normalized spacial score (nSPS) is 10.6. The van der Waals surface area contributed by atoms with Gasteiger partial charge in [-0.3, -0.25) is 0 Å². The predicted octanol–water partition coefficient (Wildman–Crippen LogP) is 1.89. The molecule has 0 aliphatic carbocycles. The van der Waals surface area contributed by atoms with Gasteiger partial charge < -0.3 is 10.0 Å². The third-order valence-corrected chi connectivity index (χ3v) is 2.42. The highest BCUT2D eigenvalue weighted by Crippen LogP contribution is 2.16. The van der Waals surface area contributed by atoms with E-state index in [1.165, 1.54) is 0 Å². The second kappa shape index (κ2) is 6.35. The van der Waals surface area contributed by atoms with Gasteiger partial charge in [0.1, 0.15) is 11.6 Å². The molecule has 0 aliphatic rings. The average Bonchev–Trinajstić information content (AvgIpc) is 2.28. The largest absolute Gasteiger partial charge is 0.395 e. The van der Waals surface area contributed by atoms with E-state index >= 15 is 0 Å². The molecule has 1 heterocycles. The van der Waals surface area contributed by atoms with Crippen LogP contribution in [0.25, 0.3) is 0 Å². The van der Waals surface area contributed by atoms with Crippen LogP contribution in [-0.2, 0) is 0 Å². The van der Waals surface area contributed by atoms with Gasteiger partial charge in [0, 0.05) is 30.8 Å². The topological polar surface area (TPSA) is 49.2 Å². The molecule has 0 unspecified atom stereocenters. The van der Waals surface area contributed by atoms with Crippen molar-refractivity contribution in [2.45, 2.75) is 26.7 Å². The fraction of sp³-hybridized carbons (Fsp3) is 0.538. The minimum absolute atomic E-state index is 0.105. The fourth-order valence-electron chi connectivity index (χ4n) is 1.57. The van der Waals surface area contributed by atoms with E-state index in [-0.39, 0.29) is 6.61 Å². The number of aryl methyl sites for hydroxylation is 1. The van der Waals surface area contributed by atoms with E-state index in [0.717, 1.165) is 17.3 Å². The number of aliphatic hydroxyl groups excluding tert-OH is 1. The molecule has 0 atom stereocenters. The van der Waals surface area contributed by atoms with E-state index in [2.05, 4.69) is 30.4 Å². The Balaban J connectivity index is 3.04. The molecular formula is C13H21N3O. The number of aliphatic hydroxyl groups is 1. The molecule has 0 aromatic carbocycles. The molecule has 1 aromatic heterocycles. The first kappa shape index (κ1) is 13.6. The van der Waals surface area contributed by atoms with Gasteiger partial charge in [0.05, 0.1) is 6.61 Å². The van der Waals surface area contributed by atoms with Gasteiger partial charge >= 0.3 is 0 Å². The number of hydrogen-bond donors (Lipinski definition) is 1. The van der Waals surface area contributed by atoms with Crippen molar-refractivity contribution in [2.75, 3.05) is 24.6 Å². The second-order valence-corrected chi connectivity index (χ2v) is 4.34. The summed E-state index contributed by atoms with van der Waals surface area (Å²) in [6.07, 6.45) is 1.81. The predicted molar refractivity (Wildman–Crippen MR) is 70.4 cm³/mol. The van der Waals surface area contributed by atoms with Gasteiger partial charge in [-0.15, -0.1) is 6.58 Å². The molecule has 0 aliphatic heterocycles. The number of aromatic nitrogens is 2. The summed E-state index contributed by atoms with van der Waals surface area (Å²) in [6.45, 7) is 11.2. The molecule has 0 bridgehead atoms. The standard InChI is InChI=1S/C13H21N3O/c1-5-6-16(7-8-17)12-9-11(4)14-13(15-12)10(2)3/h5,9-10,17H,1,6-8H2,2-4H3. The van der Waals surface area contributed by atoms with Crippen LogP contribution in [0.1, 0.15) is 31.3 Å². The summed E-state index contributed by atoms with van der Waals surface area (Å²) in [5.41, 5.74) is 0.950. The summed E-state index contributed by atoms with van der Waals surface area (Å²) < 4.78 is 0. The van der Waals surface area contributed by atoms with E-state index in [1.807, 2.05) is 24.0 Å². The number of rotatable bonds is 6. The zero-order valence-electron chi connectivity index (χ0n) is 10.8. The Morgan fingerprint density at radius 1 is 1.47 bits per heavy atom. The van der Waals surface area contributed by atoms with Crippen LogP contribution in [0.5, 0.6) is 0 Å². The molecule has 94 valence electrons. The van der Waals surface area contributed by atoms with Gasteiger partial charge in [-0.05, 0) is 6.92 Å². The van der Waals surface area contributed by atoms with Crippen LogP contribution in [0.3, 0.4) is 0 Å². The average molecular weight is 235 g/mol. The molecule has 1 N–H and O–H groups in total. The summed E-state index contributed by atoms with van der Waals surface area (Å²) in [7, 11) is 0. The first-order valence-corrected chi connectivity index (χ1v) is 5.90. The van der Waals surface area contributed by atoms with Gasteiger partial charge in [-0.1, -0.05) is 19.9 Å². The molecule has 0 saturated heterocycles. The van der Waals surface area contributed by atoms with Crippen molar-refractivity contribution in [3.05, 3.63) is 30.2 Å². The zero-order valence-corrected chi connectivity index (χ0v) is 10.8. The lowest BCUT2D eigenvalue weighted by atomic mass is 10.2. The maximum Gasteiger partial charge on any atom is 0.133 e. The Morgan fingerprint density at radius 3 is 2.71 bits per heavy atom. The number of nitrogens with zero attached hydrogens (tertiary/aromatic N) is 3. The third-order valence-electron chi connectivity index (χ3n) is 2.42. The summed E-state index contributed by atoms with van der Waals surface area (Å²) in [6, 6.07) is 1.94.